The summed E-state index contributed by atoms with van der Waals surface area (Å²) in [6, 6.07) is 0. The highest BCUT2D eigenvalue weighted by atomic mass is 32.1. The third-order valence-corrected chi connectivity index (χ3v) is 4.67. The Balaban J connectivity index is 2.02. The molecule has 1 saturated heterocycles. The number of rotatable bonds is 4. The van der Waals surface area contributed by atoms with Crippen molar-refractivity contribution >= 4 is 22.4 Å². The summed E-state index contributed by atoms with van der Waals surface area (Å²) in [5.74, 6) is -0.439. The summed E-state index contributed by atoms with van der Waals surface area (Å²) in [6.07, 6.45) is 4.92. The maximum Gasteiger partial charge on any atom is 0.348 e. The highest BCUT2D eigenvalue weighted by molar-refractivity contribution is 7.17. The van der Waals surface area contributed by atoms with Crippen LogP contribution in [0.4, 0.5) is 5.13 Å². The maximum atomic E-state index is 11.5. The van der Waals surface area contributed by atoms with Gasteiger partial charge in [-0.05, 0) is 26.2 Å². The van der Waals surface area contributed by atoms with Crippen LogP contribution in [-0.4, -0.2) is 43.9 Å². The highest BCUT2D eigenvalue weighted by Gasteiger charge is 2.25. The Labute approximate surface area is 126 Å². The van der Waals surface area contributed by atoms with Crippen molar-refractivity contribution in [3.05, 3.63) is 11.2 Å². The smallest absolute Gasteiger partial charge is 0.348 e. The fourth-order valence-corrected chi connectivity index (χ4v) is 3.46. The summed E-state index contributed by atoms with van der Waals surface area (Å²) < 4.78 is 1.67. The second-order valence-electron chi connectivity index (χ2n) is 4.93. The number of aryl methyl sites for hydroxylation is 1. The number of piperidine rings is 1. The first-order chi connectivity index (χ1) is 10.2. The Morgan fingerprint density at radius 3 is 2.81 bits per heavy atom. The highest BCUT2D eigenvalue weighted by Crippen LogP contribution is 2.33. The fraction of sp³-hybridized carbons (Fsp3) is 0.538. The molecule has 2 aromatic heterocycles. The van der Waals surface area contributed by atoms with E-state index in [2.05, 4.69) is 20.0 Å². The van der Waals surface area contributed by atoms with Crippen LogP contribution in [0, 0.1) is 0 Å². The van der Waals surface area contributed by atoms with Gasteiger partial charge in [-0.2, -0.15) is 5.10 Å². The van der Waals surface area contributed by atoms with Crippen LogP contribution in [-0.2, 0) is 6.54 Å². The number of nitrogens with zero attached hydrogens (tertiary/aromatic N) is 5. The minimum Gasteiger partial charge on any atom is -0.477 e. The lowest BCUT2D eigenvalue weighted by molar-refractivity contribution is 0.0702. The Bertz CT molecular complexity index is 645. The van der Waals surface area contributed by atoms with Crippen molar-refractivity contribution in [2.24, 2.45) is 0 Å². The molecule has 2 aromatic rings. The molecule has 1 aliphatic rings. The molecule has 1 N–H and O–H groups in total. The van der Waals surface area contributed by atoms with E-state index in [1.165, 1.54) is 24.1 Å². The van der Waals surface area contributed by atoms with E-state index in [0.29, 0.717) is 18.1 Å². The molecule has 0 spiro atoms. The molecule has 0 saturated carbocycles. The maximum absolute atomic E-state index is 11.5. The minimum absolute atomic E-state index is 0.235. The van der Waals surface area contributed by atoms with Crippen LogP contribution < -0.4 is 4.90 Å². The molecular weight excluding hydrogens is 290 g/mol. The van der Waals surface area contributed by atoms with Crippen LogP contribution in [0.25, 0.3) is 11.5 Å². The molecule has 8 heteroatoms. The Kier molecular flexibility index (Phi) is 3.87. The number of anilines is 1. The van der Waals surface area contributed by atoms with Crippen LogP contribution in [0.2, 0.25) is 0 Å². The summed E-state index contributed by atoms with van der Waals surface area (Å²) in [5, 5.41) is 14.3. The molecule has 0 atom stereocenters. The largest absolute Gasteiger partial charge is 0.477 e. The predicted octanol–water partition coefficient (Wildman–Crippen LogP) is 2.11. The lowest BCUT2D eigenvalue weighted by atomic mass is 10.1. The van der Waals surface area contributed by atoms with Crippen LogP contribution in [0.15, 0.2) is 6.33 Å². The zero-order valence-electron chi connectivity index (χ0n) is 11.8. The zero-order chi connectivity index (χ0) is 14.8. The molecule has 0 aliphatic carbocycles. The standard InChI is InChI=1S/C13H17N5O2S/c1-2-18-11(14-8-15-18)9-10(12(19)20)21-13(16-9)17-6-4-3-5-7-17/h8H,2-7H2,1H3,(H,19,20). The van der Waals surface area contributed by atoms with E-state index in [0.717, 1.165) is 31.1 Å². The van der Waals surface area contributed by atoms with E-state index >= 15 is 0 Å². The first-order valence-corrected chi connectivity index (χ1v) is 7.89. The van der Waals surface area contributed by atoms with Gasteiger partial charge in [-0.3, -0.25) is 0 Å². The normalized spacial score (nSPS) is 15.4. The Morgan fingerprint density at radius 1 is 1.38 bits per heavy atom. The third-order valence-electron chi connectivity index (χ3n) is 3.56. The van der Waals surface area contributed by atoms with Gasteiger partial charge in [-0.25, -0.2) is 19.4 Å². The van der Waals surface area contributed by atoms with Gasteiger partial charge < -0.3 is 10.0 Å². The van der Waals surface area contributed by atoms with Gasteiger partial charge in [-0.1, -0.05) is 11.3 Å². The van der Waals surface area contributed by atoms with Crippen LogP contribution in [0.3, 0.4) is 0 Å². The molecule has 0 radical (unpaired) electrons. The second kappa shape index (κ2) is 5.80. The van der Waals surface area contributed by atoms with Gasteiger partial charge >= 0.3 is 5.97 Å². The number of aromatic carboxylic acids is 1. The molecule has 112 valence electrons. The molecule has 1 aliphatic heterocycles. The van der Waals surface area contributed by atoms with Crippen molar-refractivity contribution < 1.29 is 9.90 Å². The third kappa shape index (κ3) is 2.63. The molecule has 0 aromatic carbocycles. The molecule has 0 bridgehead atoms. The molecule has 7 nitrogen and oxygen atoms in total. The molecule has 1 fully saturated rings. The summed E-state index contributed by atoms with van der Waals surface area (Å²) in [7, 11) is 0. The number of hydrogen-bond donors (Lipinski definition) is 1. The van der Waals surface area contributed by atoms with Gasteiger partial charge in [0.25, 0.3) is 0 Å². The van der Waals surface area contributed by atoms with Gasteiger partial charge in [0.05, 0.1) is 0 Å². The number of aromatic nitrogens is 4. The fourth-order valence-electron chi connectivity index (χ4n) is 2.50. The molecular formula is C13H17N5O2S. The molecule has 0 amide bonds. The van der Waals surface area contributed by atoms with E-state index in [4.69, 9.17) is 0 Å². The van der Waals surface area contributed by atoms with E-state index in [-0.39, 0.29) is 4.88 Å². The predicted molar refractivity (Wildman–Crippen MR) is 79.8 cm³/mol. The monoisotopic (exact) mass is 307 g/mol. The lowest BCUT2D eigenvalue weighted by Gasteiger charge is -2.25. The SMILES string of the molecule is CCn1ncnc1-c1nc(N2CCCCC2)sc1C(=O)O. The van der Waals surface area contributed by atoms with Crippen molar-refractivity contribution in [2.45, 2.75) is 32.7 Å². The second-order valence-corrected chi connectivity index (χ2v) is 5.90. The number of carbonyl (C=O) groups is 1. The van der Waals surface area contributed by atoms with Crippen molar-refractivity contribution in [3.8, 4) is 11.5 Å². The first kappa shape index (κ1) is 14.0. The Hall–Kier alpha value is -1.96. The van der Waals surface area contributed by atoms with Gasteiger partial charge in [-0.15, -0.1) is 0 Å². The Morgan fingerprint density at radius 2 is 2.14 bits per heavy atom. The first-order valence-electron chi connectivity index (χ1n) is 7.08. The average Bonchev–Trinajstić information content (AvgIpc) is 3.14. The van der Waals surface area contributed by atoms with E-state index in [1.54, 1.807) is 4.68 Å². The van der Waals surface area contributed by atoms with Crippen molar-refractivity contribution in [3.63, 3.8) is 0 Å². The van der Waals surface area contributed by atoms with Gasteiger partial charge in [0.2, 0.25) is 0 Å². The summed E-state index contributed by atoms with van der Waals surface area (Å²) in [5.41, 5.74) is 0.424. The number of hydrogen-bond acceptors (Lipinski definition) is 6. The summed E-state index contributed by atoms with van der Waals surface area (Å²) >= 11 is 1.23. The van der Waals surface area contributed by atoms with Gasteiger partial charge in [0.1, 0.15) is 16.9 Å². The number of carboxylic acid groups (broad SMARTS) is 1. The van der Waals surface area contributed by atoms with Gasteiger partial charge in [0.15, 0.2) is 11.0 Å². The van der Waals surface area contributed by atoms with Gasteiger partial charge in [0, 0.05) is 19.6 Å². The average molecular weight is 307 g/mol. The number of thiazole rings is 1. The van der Waals surface area contributed by atoms with E-state index in [1.807, 2.05) is 6.92 Å². The van der Waals surface area contributed by atoms with E-state index < -0.39 is 5.97 Å². The minimum atomic E-state index is -0.962. The number of carboxylic acids is 1. The molecule has 0 unspecified atom stereocenters. The summed E-state index contributed by atoms with van der Waals surface area (Å²) in [6.45, 7) is 4.44. The quantitative estimate of drug-likeness (QED) is 0.931. The zero-order valence-corrected chi connectivity index (χ0v) is 12.6. The topological polar surface area (TPSA) is 84.1 Å². The van der Waals surface area contributed by atoms with E-state index in [9.17, 15) is 9.90 Å². The van der Waals surface area contributed by atoms with Crippen molar-refractivity contribution in [1.82, 2.24) is 19.7 Å². The molecule has 3 heterocycles. The lowest BCUT2D eigenvalue weighted by Crippen LogP contribution is -2.29. The molecule has 3 rings (SSSR count). The van der Waals surface area contributed by atoms with Crippen LogP contribution in [0.1, 0.15) is 35.9 Å². The van der Waals surface area contributed by atoms with Crippen LogP contribution >= 0.6 is 11.3 Å². The summed E-state index contributed by atoms with van der Waals surface area (Å²) in [4.78, 5) is 22.6. The van der Waals surface area contributed by atoms with Crippen molar-refractivity contribution in [2.75, 3.05) is 18.0 Å². The van der Waals surface area contributed by atoms with Crippen molar-refractivity contribution in [1.29, 1.82) is 0 Å². The van der Waals surface area contributed by atoms with Crippen LogP contribution in [0.5, 0.6) is 0 Å². The molecule has 21 heavy (non-hydrogen) atoms.